The van der Waals surface area contributed by atoms with Crippen molar-refractivity contribution in [3.63, 3.8) is 0 Å². The predicted octanol–water partition coefficient (Wildman–Crippen LogP) is 1.31. The molecule has 5 atom stereocenters. The van der Waals surface area contributed by atoms with E-state index in [1.807, 2.05) is 5.32 Å². The van der Waals surface area contributed by atoms with Crippen LogP contribution in [0.1, 0.15) is 0 Å². The molecule has 0 aliphatic carbocycles. The molecular formula is C21H21F3N2O8. The Hall–Kier alpha value is -3.39. The monoisotopic (exact) mass is 486 g/mol. The average molecular weight is 486 g/mol. The van der Waals surface area contributed by atoms with Gasteiger partial charge >= 0.3 is 18.2 Å². The minimum Gasteiger partial charge on any atom is -0.465 e. The third-order valence-corrected chi connectivity index (χ3v) is 4.99. The Bertz CT molecular complexity index is 1040. The predicted molar refractivity (Wildman–Crippen MR) is 110 cm³/mol. The van der Waals surface area contributed by atoms with Crippen molar-refractivity contribution in [3.8, 4) is 16.9 Å². The SMILES string of the molecule is O=C(O)NC1C(O)[C@@H](O)C(CO)O[C@H]1Oc1ccccc1-c1cccc(NC(=O)C(F)(F)F)c1. The zero-order valence-electron chi connectivity index (χ0n) is 17.3. The van der Waals surface area contributed by atoms with E-state index in [1.165, 1.54) is 30.3 Å². The molecule has 1 heterocycles. The molecule has 0 radical (unpaired) electrons. The van der Waals surface area contributed by atoms with Crippen molar-refractivity contribution in [2.45, 2.75) is 36.8 Å². The molecule has 2 amide bonds. The molecule has 13 heteroatoms. The number of rotatable bonds is 6. The number of ether oxygens (including phenoxy) is 2. The van der Waals surface area contributed by atoms with Crippen LogP contribution in [0.5, 0.6) is 5.75 Å². The Kier molecular flexibility index (Phi) is 7.61. The summed E-state index contributed by atoms with van der Waals surface area (Å²) in [5.74, 6) is -2.06. The van der Waals surface area contributed by atoms with E-state index in [0.29, 0.717) is 11.1 Å². The molecular weight excluding hydrogens is 465 g/mol. The molecule has 1 aliphatic heterocycles. The van der Waals surface area contributed by atoms with Crippen molar-refractivity contribution in [2.24, 2.45) is 0 Å². The van der Waals surface area contributed by atoms with E-state index in [0.717, 1.165) is 0 Å². The Labute approximate surface area is 190 Å². The van der Waals surface area contributed by atoms with Gasteiger partial charge in [-0.2, -0.15) is 13.2 Å². The Morgan fingerprint density at radius 2 is 1.76 bits per heavy atom. The van der Waals surface area contributed by atoms with Crippen molar-refractivity contribution in [1.29, 1.82) is 0 Å². The number of aliphatic hydroxyl groups is 3. The quantitative estimate of drug-likeness (QED) is 0.357. The maximum atomic E-state index is 12.6. The van der Waals surface area contributed by atoms with Gasteiger partial charge < -0.3 is 40.5 Å². The molecule has 2 aromatic carbocycles. The van der Waals surface area contributed by atoms with Crippen LogP contribution in [-0.2, 0) is 9.53 Å². The van der Waals surface area contributed by atoms with Gasteiger partial charge in [0.2, 0.25) is 6.29 Å². The number of halogens is 3. The Morgan fingerprint density at radius 3 is 2.41 bits per heavy atom. The summed E-state index contributed by atoms with van der Waals surface area (Å²) >= 11 is 0. The molecule has 6 N–H and O–H groups in total. The number of carboxylic acid groups (broad SMARTS) is 1. The molecule has 1 fully saturated rings. The first kappa shape index (κ1) is 25.2. The summed E-state index contributed by atoms with van der Waals surface area (Å²) in [5, 5.41) is 42.7. The summed E-state index contributed by atoms with van der Waals surface area (Å²) in [6.45, 7) is -0.694. The lowest BCUT2D eigenvalue weighted by Gasteiger charge is -2.41. The van der Waals surface area contributed by atoms with Crippen LogP contribution in [0.25, 0.3) is 11.1 Å². The summed E-state index contributed by atoms with van der Waals surface area (Å²) < 4.78 is 49.0. The van der Waals surface area contributed by atoms with Gasteiger partial charge in [0.1, 0.15) is 30.1 Å². The van der Waals surface area contributed by atoms with Crippen LogP contribution in [0, 0.1) is 0 Å². The summed E-state index contributed by atoms with van der Waals surface area (Å²) in [6, 6.07) is 10.2. The van der Waals surface area contributed by atoms with Crippen LogP contribution >= 0.6 is 0 Å². The second kappa shape index (κ2) is 10.3. The molecule has 10 nitrogen and oxygen atoms in total. The van der Waals surface area contributed by atoms with E-state index in [2.05, 4.69) is 0 Å². The van der Waals surface area contributed by atoms with Crippen molar-refractivity contribution in [2.75, 3.05) is 11.9 Å². The molecule has 1 aliphatic rings. The van der Waals surface area contributed by atoms with Gasteiger partial charge in [-0.15, -0.1) is 0 Å². The van der Waals surface area contributed by atoms with Crippen molar-refractivity contribution in [1.82, 2.24) is 5.32 Å². The van der Waals surface area contributed by atoms with Crippen LogP contribution in [0.2, 0.25) is 0 Å². The first-order valence-electron chi connectivity index (χ1n) is 9.87. The molecule has 0 aromatic heterocycles. The maximum absolute atomic E-state index is 12.6. The summed E-state index contributed by atoms with van der Waals surface area (Å²) in [6.07, 6.45) is -12.7. The first-order valence-corrected chi connectivity index (χ1v) is 9.87. The van der Waals surface area contributed by atoms with E-state index < -0.39 is 55.4 Å². The zero-order chi connectivity index (χ0) is 25.0. The fourth-order valence-electron chi connectivity index (χ4n) is 3.38. The molecule has 1 saturated heterocycles. The molecule has 0 bridgehead atoms. The number of aliphatic hydroxyl groups excluding tert-OH is 3. The largest absolute Gasteiger partial charge is 0.471 e. The molecule has 34 heavy (non-hydrogen) atoms. The number of benzene rings is 2. The van der Waals surface area contributed by atoms with Crippen molar-refractivity contribution >= 4 is 17.7 Å². The van der Waals surface area contributed by atoms with Crippen LogP contribution in [0.4, 0.5) is 23.7 Å². The van der Waals surface area contributed by atoms with E-state index in [1.54, 1.807) is 23.5 Å². The van der Waals surface area contributed by atoms with Gasteiger partial charge in [0.05, 0.1) is 6.61 Å². The van der Waals surface area contributed by atoms with Crippen molar-refractivity contribution < 1.29 is 52.7 Å². The highest BCUT2D eigenvalue weighted by molar-refractivity contribution is 5.95. The summed E-state index contributed by atoms with van der Waals surface area (Å²) in [5.41, 5.74) is 0.547. The highest BCUT2D eigenvalue weighted by Crippen LogP contribution is 2.34. The number of hydrogen-bond donors (Lipinski definition) is 6. The molecule has 2 aromatic rings. The normalized spacial score (nSPS) is 24.8. The zero-order valence-corrected chi connectivity index (χ0v) is 17.3. The second-order valence-corrected chi connectivity index (χ2v) is 7.33. The molecule has 0 spiro atoms. The minimum absolute atomic E-state index is 0.0873. The Balaban J connectivity index is 1.91. The van der Waals surface area contributed by atoms with Crippen LogP contribution < -0.4 is 15.4 Å². The fraction of sp³-hybridized carbons (Fsp3) is 0.333. The smallest absolute Gasteiger partial charge is 0.465 e. The molecule has 3 rings (SSSR count). The van der Waals surface area contributed by atoms with Crippen LogP contribution in [-0.4, -0.2) is 75.9 Å². The number of nitrogens with one attached hydrogen (secondary N) is 2. The van der Waals surface area contributed by atoms with Gasteiger partial charge in [0, 0.05) is 11.3 Å². The number of carbonyl (C=O) groups is 2. The van der Waals surface area contributed by atoms with Gasteiger partial charge in [0.25, 0.3) is 0 Å². The average Bonchev–Trinajstić information content (AvgIpc) is 2.78. The number of carbonyl (C=O) groups excluding carboxylic acids is 1. The lowest BCUT2D eigenvalue weighted by Crippen LogP contribution is -2.65. The van der Waals surface area contributed by atoms with Gasteiger partial charge in [-0.3, -0.25) is 4.79 Å². The highest BCUT2D eigenvalue weighted by atomic mass is 19.4. The molecule has 184 valence electrons. The number of para-hydroxylation sites is 1. The standard InChI is InChI=1S/C21H21F3N2O8/c22-21(23,24)19(30)25-11-5-3-4-10(8-11)12-6-1-2-7-13(12)33-18-15(26-20(31)32)17(29)16(28)14(9-27)34-18/h1-8,14-18,26-29H,9H2,(H,25,30)(H,31,32)/t14?,15?,16-,17?,18+/m0/s1. The molecule has 3 unspecified atom stereocenters. The van der Waals surface area contributed by atoms with Crippen LogP contribution in [0.15, 0.2) is 48.5 Å². The van der Waals surface area contributed by atoms with Crippen molar-refractivity contribution in [3.05, 3.63) is 48.5 Å². The van der Waals surface area contributed by atoms with Crippen LogP contribution in [0.3, 0.4) is 0 Å². The number of alkyl halides is 3. The second-order valence-electron chi connectivity index (χ2n) is 7.33. The third kappa shape index (κ3) is 5.75. The van der Waals surface area contributed by atoms with E-state index in [4.69, 9.17) is 14.6 Å². The van der Waals surface area contributed by atoms with Gasteiger partial charge in [-0.05, 0) is 23.8 Å². The topological polar surface area (TPSA) is 158 Å². The Morgan fingerprint density at radius 1 is 1.06 bits per heavy atom. The number of hydrogen-bond acceptors (Lipinski definition) is 7. The van der Waals surface area contributed by atoms with Gasteiger partial charge in [-0.1, -0.05) is 30.3 Å². The first-order chi connectivity index (χ1) is 16.0. The van der Waals surface area contributed by atoms with E-state index in [9.17, 15) is 38.1 Å². The summed E-state index contributed by atoms with van der Waals surface area (Å²) in [7, 11) is 0. The summed E-state index contributed by atoms with van der Waals surface area (Å²) in [4.78, 5) is 22.4. The number of amides is 2. The lowest BCUT2D eigenvalue weighted by atomic mass is 9.97. The lowest BCUT2D eigenvalue weighted by molar-refractivity contribution is -0.243. The van der Waals surface area contributed by atoms with E-state index >= 15 is 0 Å². The minimum atomic E-state index is -5.07. The fourth-order valence-corrected chi connectivity index (χ4v) is 3.38. The maximum Gasteiger partial charge on any atom is 0.471 e. The highest BCUT2D eigenvalue weighted by Gasteiger charge is 2.46. The van der Waals surface area contributed by atoms with E-state index in [-0.39, 0.29) is 11.4 Å². The third-order valence-electron chi connectivity index (χ3n) is 4.99. The van der Waals surface area contributed by atoms with Gasteiger partial charge in [0.15, 0.2) is 0 Å². The number of anilines is 1. The van der Waals surface area contributed by atoms with Gasteiger partial charge in [-0.25, -0.2) is 4.79 Å². The molecule has 0 saturated carbocycles.